The summed E-state index contributed by atoms with van der Waals surface area (Å²) in [6, 6.07) is 17.2. The van der Waals surface area contributed by atoms with E-state index in [0.29, 0.717) is 42.8 Å². The number of carbonyl (C=O) groups is 1. The molecule has 2 heterocycles. The van der Waals surface area contributed by atoms with Crippen molar-refractivity contribution in [1.29, 1.82) is 0 Å². The van der Waals surface area contributed by atoms with Gasteiger partial charge >= 0.3 is 0 Å². The molecule has 1 fully saturated rings. The zero-order valence-corrected chi connectivity index (χ0v) is 18.2. The van der Waals surface area contributed by atoms with Gasteiger partial charge in [-0.2, -0.15) is 4.31 Å². The fourth-order valence-electron chi connectivity index (χ4n) is 4.11. The van der Waals surface area contributed by atoms with Crippen molar-refractivity contribution in [3.63, 3.8) is 0 Å². The first-order valence-corrected chi connectivity index (χ1v) is 12.1. The van der Waals surface area contributed by atoms with Crippen LogP contribution in [0.3, 0.4) is 0 Å². The van der Waals surface area contributed by atoms with Crippen LogP contribution in [0, 0.1) is 5.92 Å². The lowest BCUT2D eigenvalue weighted by molar-refractivity contribution is -0.126. The first kappa shape index (κ1) is 21.5. The molecule has 1 amide bonds. The molecule has 1 aromatic heterocycles. The molecule has 31 heavy (non-hydrogen) atoms. The third kappa shape index (κ3) is 4.94. The van der Waals surface area contributed by atoms with Gasteiger partial charge < -0.3 is 5.32 Å². The molecule has 1 saturated heterocycles. The van der Waals surface area contributed by atoms with E-state index >= 15 is 0 Å². The number of piperidine rings is 1. The monoisotopic (exact) mass is 437 g/mol. The predicted molar refractivity (Wildman–Crippen MR) is 121 cm³/mol. The van der Waals surface area contributed by atoms with Crippen LogP contribution in [0.1, 0.15) is 24.8 Å². The molecule has 0 aliphatic carbocycles. The number of nitrogens with one attached hydrogen (secondary N) is 1. The number of carbonyl (C=O) groups excluding carboxylic acids is 1. The van der Waals surface area contributed by atoms with Crippen molar-refractivity contribution in [2.24, 2.45) is 5.92 Å². The van der Waals surface area contributed by atoms with Crippen molar-refractivity contribution < 1.29 is 13.2 Å². The van der Waals surface area contributed by atoms with Crippen LogP contribution in [0.2, 0.25) is 0 Å². The fraction of sp³-hybridized carbons (Fsp3) is 0.333. The first-order chi connectivity index (χ1) is 15.1. The predicted octanol–water partition coefficient (Wildman–Crippen LogP) is 3.38. The topological polar surface area (TPSA) is 79.4 Å². The number of nitrogens with zero attached hydrogens (tertiary/aromatic N) is 2. The Labute approximate surface area is 183 Å². The first-order valence-electron chi connectivity index (χ1n) is 10.7. The van der Waals surface area contributed by atoms with Crippen molar-refractivity contribution in [3.8, 4) is 0 Å². The van der Waals surface area contributed by atoms with E-state index in [0.717, 1.165) is 18.2 Å². The van der Waals surface area contributed by atoms with E-state index in [9.17, 15) is 13.2 Å². The highest BCUT2D eigenvalue weighted by molar-refractivity contribution is 7.89. The Morgan fingerprint density at radius 1 is 1.03 bits per heavy atom. The molecular weight excluding hydrogens is 410 g/mol. The maximum atomic E-state index is 13.2. The number of amides is 1. The van der Waals surface area contributed by atoms with Crippen LogP contribution in [-0.4, -0.2) is 43.2 Å². The van der Waals surface area contributed by atoms with E-state index in [-0.39, 0.29) is 11.8 Å². The molecule has 6 nitrogen and oxygen atoms in total. The molecule has 1 N–H and O–H groups in total. The minimum Gasteiger partial charge on any atom is -0.356 e. The lowest BCUT2D eigenvalue weighted by atomic mass is 9.97. The maximum absolute atomic E-state index is 13.2. The lowest BCUT2D eigenvalue weighted by Crippen LogP contribution is -2.43. The van der Waals surface area contributed by atoms with Gasteiger partial charge in [-0.25, -0.2) is 8.42 Å². The molecule has 0 spiro atoms. The molecule has 3 aromatic rings. The third-order valence-electron chi connectivity index (χ3n) is 5.87. The second-order valence-corrected chi connectivity index (χ2v) is 9.82. The quantitative estimate of drug-likeness (QED) is 0.575. The SMILES string of the molecule is O=C(NCCCc1ccccc1)C1CCN(S(=O)(=O)c2cccc3cnccc23)CC1. The zero-order chi connectivity index (χ0) is 21.7. The number of sulfonamides is 1. The summed E-state index contributed by atoms with van der Waals surface area (Å²) in [4.78, 5) is 16.9. The Bertz CT molecular complexity index is 1140. The third-order valence-corrected chi connectivity index (χ3v) is 7.82. The van der Waals surface area contributed by atoms with Crippen LogP contribution in [0.5, 0.6) is 0 Å². The van der Waals surface area contributed by atoms with E-state index in [4.69, 9.17) is 0 Å². The smallest absolute Gasteiger partial charge is 0.243 e. The highest BCUT2D eigenvalue weighted by Crippen LogP contribution is 2.28. The number of hydrogen-bond donors (Lipinski definition) is 1. The summed E-state index contributed by atoms with van der Waals surface area (Å²) in [5.41, 5.74) is 1.26. The number of aryl methyl sites for hydroxylation is 1. The van der Waals surface area contributed by atoms with E-state index in [1.807, 2.05) is 24.3 Å². The minimum atomic E-state index is -3.62. The summed E-state index contributed by atoms with van der Waals surface area (Å²) in [5.74, 6) is -0.110. The Morgan fingerprint density at radius 3 is 2.58 bits per heavy atom. The zero-order valence-electron chi connectivity index (χ0n) is 17.4. The molecule has 0 radical (unpaired) electrons. The number of pyridine rings is 1. The van der Waals surface area contributed by atoms with Gasteiger partial charge in [-0.3, -0.25) is 9.78 Å². The Balaban J connectivity index is 1.31. The minimum absolute atomic E-state index is 0.0290. The van der Waals surface area contributed by atoms with Crippen LogP contribution < -0.4 is 5.32 Å². The summed E-state index contributed by atoms with van der Waals surface area (Å²) < 4.78 is 28.0. The molecule has 162 valence electrons. The van der Waals surface area contributed by atoms with Gasteiger partial charge in [0.25, 0.3) is 0 Å². The van der Waals surface area contributed by atoms with Gasteiger partial charge in [0, 0.05) is 48.7 Å². The summed E-state index contributed by atoms with van der Waals surface area (Å²) in [5, 5.41) is 4.49. The summed E-state index contributed by atoms with van der Waals surface area (Å²) in [6.07, 6.45) is 6.17. The lowest BCUT2D eigenvalue weighted by Gasteiger charge is -2.30. The molecule has 2 aromatic carbocycles. The fourth-order valence-corrected chi connectivity index (χ4v) is 5.79. The van der Waals surface area contributed by atoms with Gasteiger partial charge in [0.05, 0.1) is 4.90 Å². The van der Waals surface area contributed by atoms with E-state index in [1.165, 1.54) is 9.87 Å². The van der Waals surface area contributed by atoms with Gasteiger partial charge in [-0.1, -0.05) is 42.5 Å². The van der Waals surface area contributed by atoms with E-state index in [1.54, 1.807) is 30.6 Å². The van der Waals surface area contributed by atoms with Crippen molar-refractivity contribution >= 4 is 26.7 Å². The molecular formula is C24H27N3O3S. The average Bonchev–Trinajstić information content (AvgIpc) is 2.82. The Kier molecular flexibility index (Phi) is 6.63. The van der Waals surface area contributed by atoms with E-state index < -0.39 is 10.0 Å². The summed E-state index contributed by atoms with van der Waals surface area (Å²) >= 11 is 0. The second kappa shape index (κ2) is 9.58. The maximum Gasteiger partial charge on any atom is 0.243 e. The normalized spacial score (nSPS) is 15.7. The van der Waals surface area contributed by atoms with Crippen LogP contribution in [0.4, 0.5) is 0 Å². The Hall–Kier alpha value is -2.77. The number of hydrogen-bond acceptors (Lipinski definition) is 4. The van der Waals surface area contributed by atoms with Crippen LogP contribution in [0.15, 0.2) is 71.9 Å². The van der Waals surface area contributed by atoms with Gasteiger partial charge in [0.2, 0.25) is 15.9 Å². The largest absolute Gasteiger partial charge is 0.356 e. The molecule has 1 aliphatic rings. The molecule has 0 saturated carbocycles. The standard InChI is InChI=1S/C24H27N3O3S/c28-24(26-14-5-8-19-6-2-1-3-7-19)20-12-16-27(17-13-20)31(29,30)23-10-4-9-21-18-25-15-11-22(21)23/h1-4,6-7,9-11,15,18,20H,5,8,12-14,16-17H2,(H,26,28). The molecule has 7 heteroatoms. The van der Waals surface area contributed by atoms with Gasteiger partial charge in [0.1, 0.15) is 0 Å². The molecule has 0 unspecified atom stereocenters. The molecule has 0 atom stereocenters. The average molecular weight is 438 g/mol. The summed E-state index contributed by atoms with van der Waals surface area (Å²) in [6.45, 7) is 1.34. The van der Waals surface area contributed by atoms with Gasteiger partial charge in [-0.15, -0.1) is 0 Å². The molecule has 1 aliphatic heterocycles. The Morgan fingerprint density at radius 2 is 1.81 bits per heavy atom. The molecule has 4 rings (SSSR count). The second-order valence-electron chi connectivity index (χ2n) is 7.91. The van der Waals surface area contributed by atoms with Crippen LogP contribution in [0.25, 0.3) is 10.8 Å². The van der Waals surface area contributed by atoms with Gasteiger partial charge in [-0.05, 0) is 43.4 Å². The van der Waals surface area contributed by atoms with E-state index in [2.05, 4.69) is 22.4 Å². The van der Waals surface area contributed by atoms with Crippen LogP contribution in [-0.2, 0) is 21.2 Å². The number of rotatable bonds is 7. The number of benzene rings is 2. The highest BCUT2D eigenvalue weighted by atomic mass is 32.2. The number of aromatic nitrogens is 1. The van der Waals surface area contributed by atoms with Crippen LogP contribution >= 0.6 is 0 Å². The van der Waals surface area contributed by atoms with Gasteiger partial charge in [0.15, 0.2) is 0 Å². The van der Waals surface area contributed by atoms with Crippen molar-refractivity contribution in [3.05, 3.63) is 72.6 Å². The highest BCUT2D eigenvalue weighted by Gasteiger charge is 2.32. The van der Waals surface area contributed by atoms with Crippen molar-refractivity contribution in [2.75, 3.05) is 19.6 Å². The van der Waals surface area contributed by atoms with Crippen molar-refractivity contribution in [1.82, 2.24) is 14.6 Å². The molecule has 0 bridgehead atoms. The number of fused-ring (bicyclic) bond motifs is 1. The summed E-state index contributed by atoms with van der Waals surface area (Å²) in [7, 11) is -3.62. The van der Waals surface area contributed by atoms with Crippen molar-refractivity contribution in [2.45, 2.75) is 30.6 Å².